The molecule has 5 aromatic rings. The predicted molar refractivity (Wildman–Crippen MR) is 139 cm³/mol. The van der Waals surface area contributed by atoms with Crippen LogP contribution in [0.25, 0.3) is 22.3 Å². The van der Waals surface area contributed by atoms with E-state index in [1.807, 2.05) is 0 Å². The second-order valence-corrected chi connectivity index (χ2v) is 10.5. The van der Waals surface area contributed by atoms with Gasteiger partial charge in [0.25, 0.3) is 0 Å². The molecular weight excluding hydrogens is 757 g/mol. The molecule has 2 nitrogen and oxygen atoms in total. The molecule has 52 heavy (non-hydrogen) atoms. The van der Waals surface area contributed by atoms with Gasteiger partial charge in [0.05, 0.1) is 16.6 Å². The maximum absolute atomic E-state index is 15.7. The molecule has 0 amide bonds. The monoisotopic (exact) mass is 762 g/mol. The van der Waals surface area contributed by atoms with Crippen molar-refractivity contribution in [3.05, 3.63) is 134 Å². The lowest BCUT2D eigenvalue weighted by atomic mass is 9.73. The third kappa shape index (κ3) is 5.10. The summed E-state index contributed by atoms with van der Waals surface area (Å²) in [6.45, 7) is 0. The van der Waals surface area contributed by atoms with Gasteiger partial charge in [0.2, 0.25) is 46.5 Å². The Morgan fingerprint density at radius 2 is 0.750 bits per heavy atom. The van der Waals surface area contributed by atoms with Crippen molar-refractivity contribution in [2.75, 3.05) is 0 Å². The van der Waals surface area contributed by atoms with Gasteiger partial charge in [0.1, 0.15) is 5.82 Å². The van der Waals surface area contributed by atoms with E-state index in [4.69, 9.17) is 4.65 Å². The molecule has 270 valence electrons. The third-order valence-corrected chi connectivity index (χ3v) is 7.72. The quantitative estimate of drug-likeness (QED) is 0.0730. The summed E-state index contributed by atoms with van der Waals surface area (Å²) < 4.78 is 273. The standard InChI is InChI=1S/C31H5BF18O2/c33-7-3-1-2-5-4-6-9(8(5)7)13(34)18(39)17(38)12(6)32(52-31-28(49)25(46)23(44)26(47)29(31)50)51-30-11(16(37)21(42)24(45)27(30)48)10-14(35)19(40)22(43)20(41)15(10)36/h1-3H,4H2. The molecule has 21 heteroatoms. The van der Waals surface area contributed by atoms with Crippen LogP contribution in [0.2, 0.25) is 0 Å². The molecule has 0 fully saturated rings. The van der Waals surface area contributed by atoms with Crippen LogP contribution in [0.4, 0.5) is 79.0 Å². The summed E-state index contributed by atoms with van der Waals surface area (Å²) in [4.78, 5) is 0. The maximum Gasteiger partial charge on any atom is 0.636 e. The molecule has 0 radical (unpaired) electrons. The minimum absolute atomic E-state index is 0.345. The largest absolute Gasteiger partial charge is 0.636 e. The summed E-state index contributed by atoms with van der Waals surface area (Å²) in [5.74, 6) is -55.7. The van der Waals surface area contributed by atoms with Crippen molar-refractivity contribution in [1.29, 1.82) is 0 Å². The van der Waals surface area contributed by atoms with Gasteiger partial charge in [0, 0.05) is 11.1 Å². The molecular formula is C31H5BF18O2. The SMILES string of the molecule is Fc1cccc2c1-c1c(F)c(F)c(F)c(B(Oc3c(F)c(F)c(F)c(F)c3F)Oc3c(F)c(F)c(F)c(F)c3-c3c(F)c(F)c(F)c(F)c3F)c1C2. The fraction of sp³-hybridized carbons (Fsp3) is 0.0323. The molecule has 1 aliphatic rings. The minimum atomic E-state index is -3.71. The Kier molecular flexibility index (Phi) is 8.81. The molecule has 0 spiro atoms. The van der Waals surface area contributed by atoms with Crippen molar-refractivity contribution < 1.29 is 88.3 Å². The van der Waals surface area contributed by atoms with Crippen LogP contribution in [0, 0.1) is 105 Å². The lowest BCUT2D eigenvalue weighted by Gasteiger charge is -2.23. The summed E-state index contributed by atoms with van der Waals surface area (Å²) in [7, 11) is -3.71. The fourth-order valence-electron chi connectivity index (χ4n) is 5.41. The van der Waals surface area contributed by atoms with Crippen molar-refractivity contribution in [1.82, 2.24) is 0 Å². The van der Waals surface area contributed by atoms with Gasteiger partial charge in [-0.05, 0) is 23.6 Å². The van der Waals surface area contributed by atoms with Crippen LogP contribution in [0.3, 0.4) is 0 Å². The lowest BCUT2D eigenvalue weighted by molar-refractivity contribution is 0.328. The summed E-state index contributed by atoms with van der Waals surface area (Å²) >= 11 is 0. The first-order valence-corrected chi connectivity index (χ1v) is 13.5. The number of benzene rings is 5. The average Bonchev–Trinajstić information content (AvgIpc) is 3.51. The minimum Gasteiger partial charge on any atom is -0.519 e. The number of fused-ring (bicyclic) bond motifs is 3. The van der Waals surface area contributed by atoms with Crippen molar-refractivity contribution in [2.45, 2.75) is 6.42 Å². The van der Waals surface area contributed by atoms with Crippen LogP contribution in [-0.4, -0.2) is 7.12 Å². The smallest absolute Gasteiger partial charge is 0.519 e. The number of hydrogen-bond acceptors (Lipinski definition) is 2. The number of halogens is 18. The number of rotatable bonds is 6. The highest BCUT2D eigenvalue weighted by molar-refractivity contribution is 6.63. The van der Waals surface area contributed by atoms with E-state index < -0.39 is 163 Å². The van der Waals surface area contributed by atoms with E-state index >= 15 is 22.0 Å². The summed E-state index contributed by atoms with van der Waals surface area (Å²) in [5.41, 5.74) is -10.7. The van der Waals surface area contributed by atoms with Gasteiger partial charge in [-0.15, -0.1) is 0 Å². The predicted octanol–water partition coefficient (Wildman–Crippen LogP) is 9.28. The highest BCUT2D eigenvalue weighted by Crippen LogP contribution is 2.45. The first-order valence-electron chi connectivity index (χ1n) is 13.5. The average molecular weight is 762 g/mol. The summed E-state index contributed by atoms with van der Waals surface area (Å²) in [6.07, 6.45) is -0.981. The van der Waals surface area contributed by atoms with E-state index in [2.05, 4.69) is 4.65 Å². The molecule has 0 bridgehead atoms. The van der Waals surface area contributed by atoms with E-state index in [-0.39, 0.29) is 5.56 Å². The Labute approximate surface area is 275 Å². The van der Waals surface area contributed by atoms with E-state index in [1.54, 1.807) is 0 Å². The van der Waals surface area contributed by atoms with Gasteiger partial charge in [-0.2, -0.15) is 13.2 Å². The van der Waals surface area contributed by atoms with Crippen molar-refractivity contribution in [3.8, 4) is 33.8 Å². The molecule has 0 atom stereocenters. The summed E-state index contributed by atoms with van der Waals surface area (Å²) in [6, 6.07) is 2.63. The van der Waals surface area contributed by atoms with Gasteiger partial charge in [-0.3, -0.25) is 0 Å². The van der Waals surface area contributed by atoms with Gasteiger partial charge in [-0.25, -0.2) is 65.9 Å². The molecule has 0 aliphatic heterocycles. The van der Waals surface area contributed by atoms with Gasteiger partial charge < -0.3 is 9.31 Å². The first-order chi connectivity index (χ1) is 24.3. The first kappa shape index (κ1) is 36.3. The fourth-order valence-corrected chi connectivity index (χ4v) is 5.41. The van der Waals surface area contributed by atoms with Crippen molar-refractivity contribution in [2.24, 2.45) is 0 Å². The summed E-state index contributed by atoms with van der Waals surface area (Å²) in [5, 5.41) is 0. The van der Waals surface area contributed by atoms with Crippen molar-refractivity contribution in [3.63, 3.8) is 0 Å². The maximum atomic E-state index is 15.7. The highest BCUT2D eigenvalue weighted by atomic mass is 19.2. The molecule has 0 aromatic heterocycles. The molecule has 6 rings (SSSR count). The van der Waals surface area contributed by atoms with Gasteiger partial charge in [-0.1, -0.05) is 12.1 Å². The Bertz CT molecular complexity index is 2340. The third-order valence-electron chi connectivity index (χ3n) is 7.72. The zero-order chi connectivity index (χ0) is 38.4. The van der Waals surface area contributed by atoms with Gasteiger partial charge >= 0.3 is 7.12 Å². The van der Waals surface area contributed by atoms with Crippen molar-refractivity contribution >= 4 is 12.6 Å². The Morgan fingerprint density at radius 3 is 1.27 bits per heavy atom. The molecule has 0 unspecified atom stereocenters. The van der Waals surface area contributed by atoms with E-state index in [0.29, 0.717) is 6.07 Å². The molecule has 0 N–H and O–H groups in total. The molecule has 0 saturated carbocycles. The van der Waals surface area contributed by atoms with Crippen LogP contribution < -0.4 is 14.8 Å². The molecule has 5 aromatic carbocycles. The van der Waals surface area contributed by atoms with Gasteiger partial charge in [0.15, 0.2) is 63.9 Å². The van der Waals surface area contributed by atoms with E-state index in [0.717, 1.165) is 12.1 Å². The highest BCUT2D eigenvalue weighted by Gasteiger charge is 2.45. The molecule has 0 heterocycles. The van der Waals surface area contributed by atoms with Crippen LogP contribution in [-0.2, 0) is 6.42 Å². The number of hydrogen-bond donors (Lipinski definition) is 0. The van der Waals surface area contributed by atoms with Crippen LogP contribution in [0.15, 0.2) is 18.2 Å². The zero-order valence-corrected chi connectivity index (χ0v) is 24.1. The Hall–Kier alpha value is -5.50. The Balaban J connectivity index is 1.72. The second-order valence-electron chi connectivity index (χ2n) is 10.5. The van der Waals surface area contributed by atoms with E-state index in [1.165, 1.54) is 0 Å². The molecule has 1 aliphatic carbocycles. The second kappa shape index (κ2) is 12.6. The molecule has 0 saturated heterocycles. The van der Waals surface area contributed by atoms with Crippen LogP contribution in [0.5, 0.6) is 11.5 Å². The zero-order valence-electron chi connectivity index (χ0n) is 24.1. The van der Waals surface area contributed by atoms with Crippen LogP contribution in [0.1, 0.15) is 11.1 Å². The van der Waals surface area contributed by atoms with Crippen LogP contribution >= 0.6 is 0 Å². The normalized spacial score (nSPS) is 12.0. The van der Waals surface area contributed by atoms with E-state index in [9.17, 15) is 57.1 Å². The lowest BCUT2D eigenvalue weighted by Crippen LogP contribution is -2.48. The topological polar surface area (TPSA) is 18.5 Å². The Morgan fingerprint density at radius 1 is 0.365 bits per heavy atom.